The van der Waals surface area contributed by atoms with Gasteiger partial charge in [-0.1, -0.05) is 0 Å². The minimum Gasteiger partial charge on any atom is -0.497 e. The van der Waals surface area contributed by atoms with Gasteiger partial charge < -0.3 is 14.6 Å². The van der Waals surface area contributed by atoms with Crippen LogP contribution in [0.25, 0.3) is 10.9 Å². The first-order valence-corrected chi connectivity index (χ1v) is 8.13. The Morgan fingerprint density at radius 2 is 2.12 bits per heavy atom. The maximum Gasteiger partial charge on any atom is 0.306 e. The third kappa shape index (κ3) is 4.00. The molecule has 0 spiro atoms. The van der Waals surface area contributed by atoms with Gasteiger partial charge in [0.25, 0.3) is 0 Å². The van der Waals surface area contributed by atoms with E-state index in [0.29, 0.717) is 24.3 Å². The van der Waals surface area contributed by atoms with Gasteiger partial charge in [0.1, 0.15) is 18.1 Å². The normalized spacial score (nSPS) is 19.9. The smallest absolute Gasteiger partial charge is 0.306 e. The van der Waals surface area contributed by atoms with Crippen molar-refractivity contribution >= 4 is 16.9 Å². The highest BCUT2D eigenvalue weighted by atomic mass is 17.2. The van der Waals surface area contributed by atoms with Gasteiger partial charge in [-0.25, -0.2) is 14.8 Å². The Balaban J connectivity index is 1.87. The van der Waals surface area contributed by atoms with E-state index >= 15 is 0 Å². The summed E-state index contributed by atoms with van der Waals surface area (Å²) < 4.78 is 11.4. The topological polar surface area (TPSA) is 87.1 Å². The summed E-state index contributed by atoms with van der Waals surface area (Å²) in [6.07, 6.45) is 1.76. The number of benzene rings is 1. The Kier molecular flexibility index (Phi) is 5.35. The molecule has 0 saturated heterocycles. The lowest BCUT2D eigenvalue weighted by molar-refractivity contribution is -0.282. The van der Waals surface area contributed by atoms with Gasteiger partial charge >= 0.3 is 5.97 Å². The predicted octanol–water partition coefficient (Wildman–Crippen LogP) is 2.95. The number of carboxylic acid groups (broad SMARTS) is 1. The second-order valence-electron chi connectivity index (χ2n) is 6.01. The van der Waals surface area contributed by atoms with E-state index in [-0.39, 0.29) is 18.6 Å². The average molecular weight is 347 g/mol. The zero-order chi connectivity index (χ0) is 17.8. The summed E-state index contributed by atoms with van der Waals surface area (Å²) in [5.41, 5.74) is 1.44. The lowest BCUT2D eigenvalue weighted by atomic mass is 10.1. The van der Waals surface area contributed by atoms with E-state index in [1.54, 1.807) is 7.11 Å². The summed E-state index contributed by atoms with van der Waals surface area (Å²) in [4.78, 5) is 25.2. The zero-order valence-electron chi connectivity index (χ0n) is 14.2. The molecule has 134 valence electrons. The summed E-state index contributed by atoms with van der Waals surface area (Å²) in [7, 11) is 3.03. The molecule has 0 aliphatic heterocycles. The molecule has 1 saturated carbocycles. The molecule has 7 nitrogen and oxygen atoms in total. The van der Waals surface area contributed by atoms with Crippen LogP contribution >= 0.6 is 0 Å². The average Bonchev–Trinajstić information content (AvgIpc) is 3.08. The van der Waals surface area contributed by atoms with Crippen molar-refractivity contribution in [2.24, 2.45) is 5.92 Å². The van der Waals surface area contributed by atoms with Crippen molar-refractivity contribution in [1.82, 2.24) is 4.98 Å². The van der Waals surface area contributed by atoms with E-state index in [1.165, 1.54) is 7.11 Å². The van der Waals surface area contributed by atoms with Crippen molar-refractivity contribution in [3.05, 3.63) is 30.0 Å². The van der Waals surface area contributed by atoms with E-state index < -0.39 is 5.97 Å². The Morgan fingerprint density at radius 3 is 2.80 bits per heavy atom. The number of hydrogen-bond acceptors (Lipinski definition) is 6. The van der Waals surface area contributed by atoms with Crippen molar-refractivity contribution in [3.63, 3.8) is 0 Å². The molecule has 0 radical (unpaired) electrons. The van der Waals surface area contributed by atoms with Crippen LogP contribution in [0, 0.1) is 5.92 Å². The molecule has 1 aromatic carbocycles. The van der Waals surface area contributed by atoms with E-state index in [4.69, 9.17) is 19.5 Å². The van der Waals surface area contributed by atoms with Crippen LogP contribution in [0.2, 0.25) is 0 Å². The molecule has 0 amide bonds. The Hall–Kier alpha value is -2.38. The third-order valence-electron chi connectivity index (χ3n) is 4.39. The highest BCUT2D eigenvalue weighted by Crippen LogP contribution is 2.35. The molecule has 1 unspecified atom stereocenters. The van der Waals surface area contributed by atoms with Crippen molar-refractivity contribution < 1.29 is 29.1 Å². The molecule has 7 heteroatoms. The predicted molar refractivity (Wildman–Crippen MR) is 89.5 cm³/mol. The Labute approximate surface area is 145 Å². The number of rotatable bonds is 7. The molecular weight excluding hydrogens is 326 g/mol. The van der Waals surface area contributed by atoms with Crippen molar-refractivity contribution in [3.8, 4) is 11.5 Å². The standard InChI is InChI=1S/C18H21NO6/c1-22-14-8-16-15(6-4-12(19-16)10-24-23-2)17(9-14)25-13-5-3-11(7-13)18(20)21/h4,6,8-9,11,13H,3,5,7,10H2,1-2H3,(H,20,21)/t11-,13?/m0/s1. The molecule has 1 heterocycles. The molecule has 1 aromatic heterocycles. The summed E-state index contributed by atoms with van der Waals surface area (Å²) in [6.45, 7) is 0.239. The molecule has 1 aliphatic carbocycles. The SMILES string of the molecule is COOCc1ccc2c(OC3CC[C@H](C(=O)O)C3)cc(OC)cc2n1. The maximum absolute atomic E-state index is 11.1. The summed E-state index contributed by atoms with van der Waals surface area (Å²) in [6, 6.07) is 7.39. The first kappa shape index (κ1) is 17.4. The van der Waals surface area contributed by atoms with Gasteiger partial charge in [0, 0.05) is 17.5 Å². The number of carboxylic acids is 1. The van der Waals surface area contributed by atoms with E-state index in [2.05, 4.69) is 9.87 Å². The van der Waals surface area contributed by atoms with E-state index in [1.807, 2.05) is 24.3 Å². The van der Waals surface area contributed by atoms with Crippen LogP contribution in [0.4, 0.5) is 0 Å². The molecule has 1 N–H and O–H groups in total. The van der Waals surface area contributed by atoms with Crippen molar-refractivity contribution in [2.45, 2.75) is 32.0 Å². The van der Waals surface area contributed by atoms with Gasteiger partial charge in [0.2, 0.25) is 0 Å². The number of methoxy groups -OCH3 is 1. The van der Waals surface area contributed by atoms with Crippen LogP contribution in [0.1, 0.15) is 25.0 Å². The summed E-state index contributed by atoms with van der Waals surface area (Å²) >= 11 is 0. The van der Waals surface area contributed by atoms with E-state index in [0.717, 1.165) is 23.0 Å². The quantitative estimate of drug-likeness (QED) is 0.608. The summed E-state index contributed by atoms with van der Waals surface area (Å²) in [5, 5.41) is 9.99. The number of hydrogen-bond donors (Lipinski definition) is 1. The minimum atomic E-state index is -0.758. The molecule has 3 rings (SSSR count). The fraction of sp³-hybridized carbons (Fsp3) is 0.444. The van der Waals surface area contributed by atoms with Crippen LogP contribution in [-0.2, 0) is 21.2 Å². The van der Waals surface area contributed by atoms with Crippen LogP contribution in [0.15, 0.2) is 24.3 Å². The first-order chi connectivity index (χ1) is 12.1. The van der Waals surface area contributed by atoms with Crippen LogP contribution in [0.5, 0.6) is 11.5 Å². The Bertz CT molecular complexity index is 763. The van der Waals surface area contributed by atoms with Gasteiger partial charge in [0.05, 0.1) is 37.5 Å². The zero-order valence-corrected chi connectivity index (χ0v) is 14.2. The molecule has 1 fully saturated rings. The number of carbonyl (C=O) groups is 1. The van der Waals surface area contributed by atoms with Crippen molar-refractivity contribution in [1.29, 1.82) is 0 Å². The molecule has 2 aromatic rings. The highest BCUT2D eigenvalue weighted by Gasteiger charge is 2.31. The van der Waals surface area contributed by atoms with Gasteiger partial charge in [0.15, 0.2) is 0 Å². The minimum absolute atomic E-state index is 0.118. The molecular formula is C18H21NO6. The molecule has 25 heavy (non-hydrogen) atoms. The molecule has 2 atom stereocenters. The second-order valence-corrected chi connectivity index (χ2v) is 6.01. The van der Waals surface area contributed by atoms with Gasteiger partial charge in [-0.15, -0.1) is 0 Å². The van der Waals surface area contributed by atoms with Crippen LogP contribution in [0.3, 0.4) is 0 Å². The van der Waals surface area contributed by atoms with E-state index in [9.17, 15) is 4.79 Å². The van der Waals surface area contributed by atoms with Crippen LogP contribution < -0.4 is 9.47 Å². The number of nitrogens with zero attached hydrogens (tertiary/aromatic N) is 1. The summed E-state index contributed by atoms with van der Waals surface area (Å²) in [5.74, 6) is 0.188. The fourth-order valence-electron chi connectivity index (χ4n) is 3.08. The third-order valence-corrected chi connectivity index (χ3v) is 4.39. The van der Waals surface area contributed by atoms with Crippen molar-refractivity contribution in [2.75, 3.05) is 14.2 Å². The maximum atomic E-state index is 11.1. The van der Waals surface area contributed by atoms with Gasteiger partial charge in [-0.2, -0.15) is 0 Å². The fourth-order valence-corrected chi connectivity index (χ4v) is 3.08. The molecule has 0 bridgehead atoms. The number of fused-ring (bicyclic) bond motifs is 1. The molecule has 1 aliphatic rings. The monoisotopic (exact) mass is 347 g/mol. The largest absolute Gasteiger partial charge is 0.497 e. The lowest BCUT2D eigenvalue weighted by Crippen LogP contribution is -2.15. The number of ether oxygens (including phenoxy) is 2. The van der Waals surface area contributed by atoms with Crippen LogP contribution in [-0.4, -0.2) is 36.4 Å². The number of aromatic nitrogens is 1. The van der Waals surface area contributed by atoms with Gasteiger partial charge in [-0.3, -0.25) is 4.79 Å². The Morgan fingerprint density at radius 1 is 1.28 bits per heavy atom. The second kappa shape index (κ2) is 7.67. The highest BCUT2D eigenvalue weighted by molar-refractivity contribution is 5.87. The lowest BCUT2D eigenvalue weighted by Gasteiger charge is -2.16. The van der Waals surface area contributed by atoms with Gasteiger partial charge in [-0.05, 0) is 31.4 Å². The number of pyridine rings is 1. The first-order valence-electron chi connectivity index (χ1n) is 8.13. The number of aliphatic carboxylic acids is 1.